The molecule has 1 fully saturated rings. The molecule has 2 rings (SSSR count). The van der Waals surface area contributed by atoms with Gasteiger partial charge in [-0.25, -0.2) is 4.79 Å². The summed E-state index contributed by atoms with van der Waals surface area (Å²) in [7, 11) is 1.60. The van der Waals surface area contributed by atoms with Crippen LogP contribution in [0.3, 0.4) is 0 Å². The Labute approximate surface area is 99.7 Å². The van der Waals surface area contributed by atoms with Crippen molar-refractivity contribution in [3.63, 3.8) is 0 Å². The highest BCUT2D eigenvalue weighted by Gasteiger charge is 2.15. The summed E-state index contributed by atoms with van der Waals surface area (Å²) in [6.45, 7) is 3.12. The normalized spacial score (nSPS) is 15.2. The van der Waals surface area contributed by atoms with Crippen LogP contribution in [-0.2, 0) is 9.53 Å². The molecule has 0 bridgehead atoms. The first-order valence-electron chi connectivity index (χ1n) is 5.44. The topological polar surface area (TPSA) is 51.1 Å². The fraction of sp³-hybridized carbons (Fsp3) is 0.417. The molecule has 17 heavy (non-hydrogen) atoms. The van der Waals surface area contributed by atoms with E-state index in [1.807, 2.05) is 6.07 Å². The van der Waals surface area contributed by atoms with Crippen molar-refractivity contribution >= 4 is 17.5 Å². The smallest absolute Gasteiger partial charge is 0.240 e. The molecule has 0 atom stereocenters. The molecule has 0 amide bonds. The number of aliphatic imine (C=N–C) groups is 1. The highest BCUT2D eigenvalue weighted by Crippen LogP contribution is 2.32. The molecule has 0 aromatic heterocycles. The number of morpholine rings is 1. The van der Waals surface area contributed by atoms with E-state index in [9.17, 15) is 4.79 Å². The highest BCUT2D eigenvalue weighted by molar-refractivity contribution is 5.65. The SMILES string of the molecule is COc1cc(N=C=O)ccc1N1CCOCC1. The minimum atomic E-state index is 0.550. The Kier molecular flexibility index (Phi) is 3.75. The van der Waals surface area contributed by atoms with Crippen LogP contribution in [0.4, 0.5) is 11.4 Å². The van der Waals surface area contributed by atoms with Crippen molar-refractivity contribution in [1.82, 2.24) is 0 Å². The molecule has 5 heteroatoms. The molecule has 5 nitrogen and oxygen atoms in total. The quantitative estimate of drug-likeness (QED) is 0.587. The zero-order valence-electron chi connectivity index (χ0n) is 9.68. The number of methoxy groups -OCH3 is 1. The summed E-state index contributed by atoms with van der Waals surface area (Å²) in [5.74, 6) is 0.711. The van der Waals surface area contributed by atoms with Crippen LogP contribution >= 0.6 is 0 Å². The van der Waals surface area contributed by atoms with E-state index in [2.05, 4.69) is 9.89 Å². The maximum absolute atomic E-state index is 10.2. The highest BCUT2D eigenvalue weighted by atomic mass is 16.5. The van der Waals surface area contributed by atoms with Gasteiger partial charge in [-0.3, -0.25) is 0 Å². The molecule has 0 unspecified atom stereocenters. The number of nitrogens with zero attached hydrogens (tertiary/aromatic N) is 2. The van der Waals surface area contributed by atoms with E-state index in [4.69, 9.17) is 9.47 Å². The van der Waals surface area contributed by atoms with Crippen LogP contribution in [0.5, 0.6) is 5.75 Å². The van der Waals surface area contributed by atoms with Gasteiger partial charge in [-0.1, -0.05) is 0 Å². The molecule has 1 aliphatic rings. The molecule has 1 saturated heterocycles. The second-order valence-electron chi connectivity index (χ2n) is 3.66. The fourth-order valence-electron chi connectivity index (χ4n) is 1.85. The first kappa shape index (κ1) is 11.6. The lowest BCUT2D eigenvalue weighted by Crippen LogP contribution is -2.36. The maximum Gasteiger partial charge on any atom is 0.240 e. The Bertz CT molecular complexity index is 435. The lowest BCUT2D eigenvalue weighted by Gasteiger charge is -2.30. The first-order valence-corrected chi connectivity index (χ1v) is 5.44. The third kappa shape index (κ3) is 2.64. The molecule has 1 aromatic carbocycles. The average Bonchev–Trinajstić information content (AvgIpc) is 2.40. The van der Waals surface area contributed by atoms with Gasteiger partial charge in [0.05, 0.1) is 31.7 Å². The number of carbonyl (C=O) groups excluding carboxylic acids is 1. The third-order valence-electron chi connectivity index (χ3n) is 2.69. The van der Waals surface area contributed by atoms with Gasteiger partial charge in [0.25, 0.3) is 0 Å². The largest absolute Gasteiger partial charge is 0.495 e. The predicted molar refractivity (Wildman–Crippen MR) is 63.8 cm³/mol. The summed E-state index contributed by atoms with van der Waals surface area (Å²) < 4.78 is 10.6. The van der Waals surface area contributed by atoms with Gasteiger partial charge in [0.2, 0.25) is 6.08 Å². The molecule has 0 N–H and O–H groups in total. The number of benzene rings is 1. The minimum Gasteiger partial charge on any atom is -0.495 e. The molecule has 0 spiro atoms. The number of isocyanates is 1. The summed E-state index contributed by atoms with van der Waals surface area (Å²) in [5.41, 5.74) is 1.55. The van der Waals surface area contributed by atoms with Crippen molar-refractivity contribution in [1.29, 1.82) is 0 Å². The second kappa shape index (κ2) is 5.48. The van der Waals surface area contributed by atoms with Gasteiger partial charge in [-0.2, -0.15) is 4.99 Å². The zero-order chi connectivity index (χ0) is 12.1. The Morgan fingerprint density at radius 3 is 2.82 bits per heavy atom. The first-order chi connectivity index (χ1) is 8.35. The summed E-state index contributed by atoms with van der Waals surface area (Å²) in [4.78, 5) is 16.0. The Hall–Kier alpha value is -1.84. The van der Waals surface area contributed by atoms with E-state index in [-0.39, 0.29) is 0 Å². The minimum absolute atomic E-state index is 0.550. The van der Waals surface area contributed by atoms with Crippen LogP contribution in [0.15, 0.2) is 23.2 Å². The Balaban J connectivity index is 2.29. The molecule has 0 saturated carbocycles. The van der Waals surface area contributed by atoms with Crippen molar-refractivity contribution in [3.8, 4) is 5.75 Å². The number of rotatable bonds is 3. The van der Waals surface area contributed by atoms with Crippen LogP contribution in [0.1, 0.15) is 0 Å². The standard InChI is InChI=1S/C12H14N2O3/c1-16-12-8-10(13-9-15)2-3-11(12)14-4-6-17-7-5-14/h2-3,8H,4-7H2,1H3. The van der Waals surface area contributed by atoms with Gasteiger partial charge in [0, 0.05) is 19.2 Å². The van der Waals surface area contributed by atoms with Crippen molar-refractivity contribution in [2.24, 2.45) is 4.99 Å². The summed E-state index contributed by atoms with van der Waals surface area (Å²) >= 11 is 0. The molecule has 1 aromatic rings. The fourth-order valence-corrected chi connectivity index (χ4v) is 1.85. The lowest BCUT2D eigenvalue weighted by molar-refractivity contribution is 0.122. The molecular formula is C12H14N2O3. The number of anilines is 1. The van der Waals surface area contributed by atoms with Crippen LogP contribution in [0, 0.1) is 0 Å². The van der Waals surface area contributed by atoms with Crippen LogP contribution in [-0.4, -0.2) is 39.5 Å². The van der Waals surface area contributed by atoms with E-state index < -0.39 is 0 Å². The summed E-state index contributed by atoms with van der Waals surface area (Å²) in [5, 5.41) is 0. The maximum atomic E-state index is 10.2. The van der Waals surface area contributed by atoms with E-state index in [0.717, 1.165) is 32.0 Å². The lowest BCUT2D eigenvalue weighted by atomic mass is 10.2. The molecule has 0 aliphatic carbocycles. The van der Waals surface area contributed by atoms with Crippen molar-refractivity contribution in [2.75, 3.05) is 38.3 Å². The van der Waals surface area contributed by atoms with Crippen LogP contribution < -0.4 is 9.64 Å². The third-order valence-corrected chi connectivity index (χ3v) is 2.69. The van der Waals surface area contributed by atoms with Gasteiger partial charge in [-0.05, 0) is 12.1 Å². The predicted octanol–water partition coefficient (Wildman–Crippen LogP) is 1.50. The van der Waals surface area contributed by atoms with E-state index in [0.29, 0.717) is 11.4 Å². The Morgan fingerprint density at radius 2 is 2.18 bits per heavy atom. The molecule has 0 radical (unpaired) electrons. The molecular weight excluding hydrogens is 220 g/mol. The van der Waals surface area contributed by atoms with Crippen molar-refractivity contribution in [2.45, 2.75) is 0 Å². The van der Waals surface area contributed by atoms with Gasteiger partial charge in [0.1, 0.15) is 5.75 Å². The van der Waals surface area contributed by atoms with Gasteiger partial charge in [-0.15, -0.1) is 0 Å². The van der Waals surface area contributed by atoms with Crippen molar-refractivity contribution in [3.05, 3.63) is 18.2 Å². The number of ether oxygens (including phenoxy) is 2. The molecule has 90 valence electrons. The van der Waals surface area contributed by atoms with E-state index in [1.165, 1.54) is 6.08 Å². The monoisotopic (exact) mass is 234 g/mol. The average molecular weight is 234 g/mol. The van der Waals surface area contributed by atoms with Gasteiger partial charge < -0.3 is 14.4 Å². The molecule has 1 aliphatic heterocycles. The van der Waals surface area contributed by atoms with Crippen LogP contribution in [0.2, 0.25) is 0 Å². The Morgan fingerprint density at radius 1 is 1.41 bits per heavy atom. The molecule has 1 heterocycles. The van der Waals surface area contributed by atoms with Crippen LogP contribution in [0.25, 0.3) is 0 Å². The summed E-state index contributed by atoms with van der Waals surface area (Å²) in [6.07, 6.45) is 1.52. The van der Waals surface area contributed by atoms with Gasteiger partial charge in [0.15, 0.2) is 0 Å². The van der Waals surface area contributed by atoms with Gasteiger partial charge >= 0.3 is 0 Å². The van der Waals surface area contributed by atoms with E-state index in [1.54, 1.807) is 19.2 Å². The zero-order valence-corrected chi connectivity index (χ0v) is 9.68. The second-order valence-corrected chi connectivity index (χ2v) is 3.66. The number of hydrogen-bond acceptors (Lipinski definition) is 5. The van der Waals surface area contributed by atoms with E-state index >= 15 is 0 Å². The summed E-state index contributed by atoms with van der Waals surface area (Å²) in [6, 6.07) is 5.41. The number of hydrogen-bond donors (Lipinski definition) is 0. The van der Waals surface area contributed by atoms with Crippen molar-refractivity contribution < 1.29 is 14.3 Å².